The fourth-order valence-electron chi connectivity index (χ4n) is 1.14. The van der Waals surface area contributed by atoms with Crippen LogP contribution in [-0.2, 0) is 9.59 Å². The zero-order valence-corrected chi connectivity index (χ0v) is 8.66. The fourth-order valence-corrected chi connectivity index (χ4v) is 1.70. The van der Waals surface area contributed by atoms with Gasteiger partial charge in [-0.25, -0.2) is 3.11 Å². The molecule has 1 atom stereocenters. The summed E-state index contributed by atoms with van der Waals surface area (Å²) in [5.74, 6) is 0.0884. The van der Waals surface area contributed by atoms with Gasteiger partial charge in [0.1, 0.15) is 0 Å². The minimum absolute atomic E-state index is 0.0365. The topological polar surface area (TPSA) is 37.4 Å². The first-order chi connectivity index (χ1) is 5.04. The first-order valence-corrected chi connectivity index (χ1v) is 4.53. The number of carbonyl (C=O) groups excluding carboxylic acids is 2. The van der Waals surface area contributed by atoms with E-state index in [4.69, 9.17) is 0 Å². The van der Waals surface area contributed by atoms with Gasteiger partial charge >= 0.3 is 0 Å². The van der Waals surface area contributed by atoms with Crippen LogP contribution in [0.3, 0.4) is 0 Å². The predicted octanol–water partition coefficient (Wildman–Crippen LogP) is 1.37. The molecule has 1 rings (SSSR count). The van der Waals surface area contributed by atoms with Crippen molar-refractivity contribution in [3.05, 3.63) is 0 Å². The highest BCUT2D eigenvalue weighted by Crippen LogP contribution is 2.28. The number of imide groups is 1. The third-order valence-corrected chi connectivity index (χ3v) is 2.94. The molecule has 0 N–H and O–H groups in total. The highest BCUT2D eigenvalue weighted by Gasteiger charge is 2.38. The molecule has 0 saturated carbocycles. The summed E-state index contributed by atoms with van der Waals surface area (Å²) < 4.78 is 1.20. The Kier molecular flexibility index (Phi) is 2.51. The van der Waals surface area contributed by atoms with Gasteiger partial charge in [-0.1, -0.05) is 13.8 Å². The lowest BCUT2D eigenvalue weighted by molar-refractivity contribution is -0.131. The Balaban J connectivity index is 2.75. The highest BCUT2D eigenvalue weighted by atomic mass is 127. The third-order valence-electron chi connectivity index (χ3n) is 1.93. The van der Waals surface area contributed by atoms with Gasteiger partial charge in [-0.3, -0.25) is 9.59 Å². The summed E-state index contributed by atoms with van der Waals surface area (Å²) in [6.07, 6.45) is 0.388. The second kappa shape index (κ2) is 3.08. The summed E-state index contributed by atoms with van der Waals surface area (Å²) in [7, 11) is 0. The number of hydrogen-bond acceptors (Lipinski definition) is 2. The summed E-state index contributed by atoms with van der Waals surface area (Å²) in [6, 6.07) is 0. The molecule has 0 radical (unpaired) electrons. The fraction of sp³-hybridized carbons (Fsp3) is 0.714. The molecule has 0 aromatic rings. The molecule has 1 aliphatic heterocycles. The van der Waals surface area contributed by atoms with E-state index < -0.39 is 0 Å². The molecule has 0 spiro atoms. The van der Waals surface area contributed by atoms with Crippen molar-refractivity contribution in [3.8, 4) is 0 Å². The van der Waals surface area contributed by atoms with Crippen molar-refractivity contribution in [2.24, 2.45) is 11.8 Å². The lowest BCUT2D eigenvalue weighted by atomic mass is 9.95. The van der Waals surface area contributed by atoms with Crippen molar-refractivity contribution in [2.45, 2.75) is 20.3 Å². The number of carbonyl (C=O) groups is 2. The SMILES string of the molecule is CC(C)C1CC(=O)N(I)C1=O. The van der Waals surface area contributed by atoms with Crippen molar-refractivity contribution in [2.75, 3.05) is 0 Å². The maximum absolute atomic E-state index is 11.3. The van der Waals surface area contributed by atoms with Crippen LogP contribution in [0.15, 0.2) is 0 Å². The van der Waals surface area contributed by atoms with E-state index in [1.54, 1.807) is 22.9 Å². The zero-order valence-electron chi connectivity index (χ0n) is 6.50. The zero-order chi connectivity index (χ0) is 8.59. The Labute approximate surface area is 79.6 Å². The summed E-state index contributed by atoms with van der Waals surface area (Å²) in [6.45, 7) is 3.93. The lowest BCUT2D eigenvalue weighted by Crippen LogP contribution is -2.22. The van der Waals surface area contributed by atoms with Crippen molar-refractivity contribution < 1.29 is 9.59 Å². The van der Waals surface area contributed by atoms with E-state index in [0.717, 1.165) is 0 Å². The number of amides is 2. The van der Waals surface area contributed by atoms with E-state index in [2.05, 4.69) is 0 Å². The Hall–Kier alpha value is -0.130. The van der Waals surface area contributed by atoms with Crippen LogP contribution >= 0.6 is 22.9 Å². The first kappa shape index (κ1) is 8.96. The van der Waals surface area contributed by atoms with E-state index in [9.17, 15) is 9.59 Å². The van der Waals surface area contributed by atoms with E-state index in [-0.39, 0.29) is 23.7 Å². The molecule has 1 aliphatic rings. The normalized spacial score (nSPS) is 25.5. The Morgan fingerprint density at radius 3 is 2.27 bits per heavy atom. The van der Waals surface area contributed by atoms with Gasteiger partial charge in [-0.05, 0) is 5.92 Å². The molecule has 0 aromatic carbocycles. The van der Waals surface area contributed by atoms with Gasteiger partial charge in [-0.15, -0.1) is 0 Å². The first-order valence-electron chi connectivity index (χ1n) is 3.56. The molecule has 11 heavy (non-hydrogen) atoms. The minimum Gasteiger partial charge on any atom is -0.274 e. The Bertz CT molecular complexity index is 203. The molecule has 1 fully saturated rings. The average Bonchev–Trinajstić information content (AvgIpc) is 2.17. The maximum atomic E-state index is 11.3. The van der Waals surface area contributed by atoms with Crippen LogP contribution in [0, 0.1) is 11.8 Å². The van der Waals surface area contributed by atoms with Gasteiger partial charge in [0.05, 0.1) is 28.8 Å². The Morgan fingerprint density at radius 2 is 2.09 bits per heavy atom. The number of nitrogens with zero attached hydrogens (tertiary/aromatic N) is 1. The van der Waals surface area contributed by atoms with E-state index in [1.807, 2.05) is 13.8 Å². The summed E-state index contributed by atoms with van der Waals surface area (Å²) in [5, 5.41) is 0. The second-order valence-electron chi connectivity index (χ2n) is 3.07. The molecule has 0 bridgehead atoms. The monoisotopic (exact) mass is 267 g/mol. The molecule has 1 saturated heterocycles. The smallest absolute Gasteiger partial charge is 0.242 e. The molecule has 0 aromatic heterocycles. The largest absolute Gasteiger partial charge is 0.274 e. The standard InChI is InChI=1S/C7H10INO2/c1-4(2)5-3-6(10)9(8)7(5)11/h4-5H,3H2,1-2H3. The average molecular weight is 267 g/mol. The van der Waals surface area contributed by atoms with Crippen LogP contribution in [0.25, 0.3) is 0 Å². The van der Waals surface area contributed by atoms with Crippen LogP contribution in [0.1, 0.15) is 20.3 Å². The van der Waals surface area contributed by atoms with Crippen molar-refractivity contribution in [3.63, 3.8) is 0 Å². The molecular weight excluding hydrogens is 257 g/mol. The number of rotatable bonds is 1. The number of hydrogen-bond donors (Lipinski definition) is 0. The molecule has 1 unspecified atom stereocenters. The van der Waals surface area contributed by atoms with Crippen LogP contribution in [0.2, 0.25) is 0 Å². The maximum Gasteiger partial charge on any atom is 0.242 e. The molecular formula is C7H10INO2. The molecule has 1 heterocycles. The summed E-state index contributed by atoms with van der Waals surface area (Å²) >= 11 is 1.77. The van der Waals surface area contributed by atoms with E-state index in [0.29, 0.717) is 6.42 Å². The van der Waals surface area contributed by atoms with Gasteiger partial charge in [0.15, 0.2) is 0 Å². The third kappa shape index (κ3) is 1.55. The van der Waals surface area contributed by atoms with Crippen LogP contribution in [0.5, 0.6) is 0 Å². The van der Waals surface area contributed by atoms with Crippen LogP contribution in [-0.4, -0.2) is 14.9 Å². The van der Waals surface area contributed by atoms with Crippen LogP contribution < -0.4 is 0 Å². The van der Waals surface area contributed by atoms with Crippen LogP contribution in [0.4, 0.5) is 0 Å². The van der Waals surface area contributed by atoms with Gasteiger partial charge in [0.2, 0.25) is 11.8 Å². The van der Waals surface area contributed by atoms with E-state index in [1.165, 1.54) is 3.11 Å². The summed E-state index contributed by atoms with van der Waals surface area (Å²) in [5.41, 5.74) is 0. The lowest BCUT2D eigenvalue weighted by Gasteiger charge is -2.09. The number of halogens is 1. The van der Waals surface area contributed by atoms with Gasteiger partial charge < -0.3 is 0 Å². The quantitative estimate of drug-likeness (QED) is 0.409. The minimum atomic E-state index is -0.0839. The van der Waals surface area contributed by atoms with E-state index >= 15 is 0 Å². The van der Waals surface area contributed by atoms with Gasteiger partial charge in [0.25, 0.3) is 0 Å². The highest BCUT2D eigenvalue weighted by molar-refractivity contribution is 14.1. The molecule has 0 aliphatic carbocycles. The van der Waals surface area contributed by atoms with Gasteiger partial charge in [-0.2, -0.15) is 0 Å². The Morgan fingerprint density at radius 1 is 1.55 bits per heavy atom. The molecule has 62 valence electrons. The van der Waals surface area contributed by atoms with Crippen molar-refractivity contribution in [1.29, 1.82) is 0 Å². The molecule has 3 nitrogen and oxygen atoms in total. The van der Waals surface area contributed by atoms with Crippen molar-refractivity contribution >= 4 is 34.7 Å². The van der Waals surface area contributed by atoms with Gasteiger partial charge in [0, 0.05) is 6.42 Å². The van der Waals surface area contributed by atoms with Crippen molar-refractivity contribution in [1.82, 2.24) is 3.11 Å². The molecule has 4 heteroatoms. The molecule has 2 amide bonds. The predicted molar refractivity (Wildman–Crippen MR) is 48.8 cm³/mol. The second-order valence-corrected chi connectivity index (χ2v) is 4.03. The summed E-state index contributed by atoms with van der Waals surface area (Å²) in [4.78, 5) is 22.3.